The van der Waals surface area contributed by atoms with Gasteiger partial charge in [0.1, 0.15) is 0 Å². The molecule has 0 aromatic heterocycles. The summed E-state index contributed by atoms with van der Waals surface area (Å²) in [6.07, 6.45) is 0. The van der Waals surface area contributed by atoms with E-state index in [1.807, 2.05) is 0 Å². The van der Waals surface area contributed by atoms with Crippen LogP contribution in [0.3, 0.4) is 0 Å². The molecule has 57 heavy (non-hydrogen) atoms. The van der Waals surface area contributed by atoms with E-state index in [1.54, 1.807) is 0 Å². The summed E-state index contributed by atoms with van der Waals surface area (Å²) in [6, 6.07) is 0. The summed E-state index contributed by atoms with van der Waals surface area (Å²) in [4.78, 5) is 21.6. The van der Waals surface area contributed by atoms with Crippen molar-refractivity contribution in [2.24, 2.45) is 0 Å². The van der Waals surface area contributed by atoms with Crippen LogP contribution < -0.4 is 18.5 Å². The first-order valence-electron chi connectivity index (χ1n) is 0.783. The van der Waals surface area contributed by atoms with E-state index in [-0.39, 0.29) is 474 Å². The maximum Gasteiger partial charge on any atom is 4.00 e. The van der Waals surface area contributed by atoms with Gasteiger partial charge in [-0.25, -0.2) is 4.57 Å². The quantitative estimate of drug-likeness (QED) is 0.100. The molecule has 44 nitrogen and oxygen atoms in total. The molecule has 0 aliphatic rings. The van der Waals surface area contributed by atoms with Gasteiger partial charge < -0.3 is 236 Å². The fourth-order valence-electron chi connectivity index (χ4n) is 0. The van der Waals surface area contributed by atoms with Crippen LogP contribution in [0.15, 0.2) is 0 Å². The van der Waals surface area contributed by atoms with Crippen LogP contribution in [0, 0.1) is 0 Å². The Morgan fingerprint density at radius 2 is 0.175 bits per heavy atom. The molecular weight excluding hydrogens is 1880 g/mol. The van der Waals surface area contributed by atoms with Crippen LogP contribution in [0.4, 0.5) is 0 Å². The molecule has 57 heteroatoms. The second-order valence-electron chi connectivity index (χ2n) is 0.513. The standard InChI is InChI=1S/12Mo.3H3N.H3O4P.13H2O.24O/c;;;;;;;;;;;;;;;1-5(2,3)4;;;;;;;;;;;;;;;;;;;;;;;;;;;;;;;;;;;;;/h;;;;;;;;;;;;3*1H3;(H3,1,2,3,4);13*1H2;;;;;;;;;;;;;;;;;;;;;;;;/q12*+4;;;;;;;;;;;;;;;;;;24*-2. The minimum absolute atomic E-state index is 0. The predicted molar refractivity (Wildman–Crippen MR) is 92.8 cm³/mol. The van der Waals surface area contributed by atoms with Gasteiger partial charge in [-0.05, 0) is 0 Å². The molecular formula is H38Mo12N3O41P. The van der Waals surface area contributed by atoms with Crippen molar-refractivity contribution in [2.75, 3.05) is 0 Å². The summed E-state index contributed by atoms with van der Waals surface area (Å²) in [5, 5.41) is 0. The van der Waals surface area contributed by atoms with Gasteiger partial charge in [0, 0.05) is 0 Å². The molecule has 0 aromatic carbocycles. The van der Waals surface area contributed by atoms with Crippen molar-refractivity contribution >= 4 is 7.82 Å². The summed E-state index contributed by atoms with van der Waals surface area (Å²) in [7, 11) is -4.64. The molecule has 38 N–H and O–H groups in total. The molecule has 0 atom stereocenters. The average molecular weight is 1920 g/mol. The topological polar surface area (TPSA) is 1280 Å². The van der Waals surface area contributed by atoms with Gasteiger partial charge in [-0.15, -0.1) is 0 Å². The Morgan fingerprint density at radius 1 is 0.175 bits per heavy atom. The summed E-state index contributed by atoms with van der Waals surface area (Å²) in [6.45, 7) is 0. The van der Waals surface area contributed by atoms with Gasteiger partial charge in [-0.1, -0.05) is 0 Å². The number of hydrogen-bond donors (Lipinski definition) is 6. The molecule has 0 bridgehead atoms. The zero-order valence-electron chi connectivity index (χ0n) is 25.5. The van der Waals surface area contributed by atoms with E-state index in [0.29, 0.717) is 0 Å². The van der Waals surface area contributed by atoms with E-state index in [0.717, 1.165) is 0 Å². The van der Waals surface area contributed by atoms with Crippen molar-refractivity contribution in [1.29, 1.82) is 0 Å². The van der Waals surface area contributed by atoms with Crippen LogP contribution in [0.5, 0.6) is 0 Å². The van der Waals surface area contributed by atoms with Crippen molar-refractivity contribution in [3.63, 3.8) is 0 Å². The summed E-state index contributed by atoms with van der Waals surface area (Å²) < 4.78 is 8.88. The molecule has 0 amide bonds. The van der Waals surface area contributed by atoms with Gasteiger partial charge in [0.25, 0.3) is 0 Å². The smallest absolute Gasteiger partial charge is 2.00 e. The van der Waals surface area contributed by atoms with Crippen molar-refractivity contribution in [2.45, 2.75) is 0 Å². The van der Waals surface area contributed by atoms with E-state index in [2.05, 4.69) is 0 Å². The van der Waals surface area contributed by atoms with Crippen LogP contribution in [0.2, 0.25) is 0 Å². The Balaban J connectivity index is -0.0000000000603. The minimum Gasteiger partial charge on any atom is -2.00 e. The van der Waals surface area contributed by atoms with Gasteiger partial charge >= 0.3 is 261 Å². The second-order valence-corrected chi connectivity index (χ2v) is 1.54. The minimum atomic E-state index is -4.64. The molecule has 0 unspecified atom stereocenters. The Kier molecular flexibility index (Phi) is 55800. The zero-order chi connectivity index (χ0) is 4.50. The number of rotatable bonds is 0. The average Bonchev–Trinajstić information content (AvgIpc) is 0.722. The molecule has 0 rings (SSSR count). The Morgan fingerprint density at radius 3 is 0.175 bits per heavy atom. The fraction of sp³-hybridized carbons (Fsp3) is 0. The van der Waals surface area contributed by atoms with E-state index in [4.69, 9.17) is 19.2 Å². The van der Waals surface area contributed by atoms with Crippen molar-refractivity contribution in [1.82, 2.24) is 18.5 Å². The number of phosphoric acid groups is 1. The molecule has 0 heterocycles. The van der Waals surface area contributed by atoms with Gasteiger partial charge in [0.2, 0.25) is 0 Å². The van der Waals surface area contributed by atoms with E-state index in [9.17, 15) is 0 Å². The van der Waals surface area contributed by atoms with E-state index >= 15 is 0 Å². The number of hydrogen-bond acceptors (Lipinski definition) is 4. The maximum absolute atomic E-state index is 8.88. The summed E-state index contributed by atoms with van der Waals surface area (Å²) >= 11 is 0. The predicted octanol–water partition coefficient (Wildman–Crippen LogP) is -14.0. The van der Waals surface area contributed by atoms with Gasteiger partial charge in [0.15, 0.2) is 0 Å². The third kappa shape index (κ3) is 5060. The molecule has 0 aliphatic heterocycles. The van der Waals surface area contributed by atoms with Crippen LogP contribution in [0.25, 0.3) is 0 Å². The van der Waals surface area contributed by atoms with Crippen LogP contribution in [-0.4, -0.2) is 85.9 Å². The molecule has 0 saturated heterocycles. The van der Waals surface area contributed by atoms with Gasteiger partial charge in [-0.3, -0.25) is 0 Å². The SMILES string of the molecule is N.N.N.O.O.O.O.O.O.O.O.O.O.O.O.O.O=P(O)(O)O.[Mo+4].[Mo+4].[Mo+4].[Mo+4].[Mo+4].[Mo+4].[Mo+4].[Mo+4].[Mo+4].[Mo+4].[Mo+4].[Mo+4].[O-2].[O-2].[O-2].[O-2].[O-2].[O-2].[O-2].[O-2].[O-2].[O-2].[O-2].[O-2].[O-2].[O-2].[O-2].[O-2].[O-2].[O-2].[O-2].[O-2].[O-2].[O-2].[O-2].[O-2]. The largest absolute Gasteiger partial charge is 4.00 e. The second kappa shape index (κ2) is 1470. The zero-order valence-corrected chi connectivity index (χ0v) is 50.5. The van der Waals surface area contributed by atoms with Crippen LogP contribution in [0.1, 0.15) is 0 Å². The molecule has 0 aliphatic carbocycles. The third-order valence-electron chi connectivity index (χ3n) is 0. The van der Waals surface area contributed by atoms with Gasteiger partial charge in [0.05, 0.1) is 0 Å². The van der Waals surface area contributed by atoms with Crippen molar-refractivity contribution < 1.29 is 475 Å². The van der Waals surface area contributed by atoms with Crippen molar-refractivity contribution in [3.05, 3.63) is 0 Å². The third-order valence-corrected chi connectivity index (χ3v) is 0. The maximum atomic E-state index is 8.88. The Hall–Kier alpha value is 6.77. The van der Waals surface area contributed by atoms with Crippen LogP contribution >= 0.6 is 7.82 Å². The van der Waals surface area contributed by atoms with Crippen LogP contribution in [-0.2, 0) is 389 Å². The fourth-order valence-corrected chi connectivity index (χ4v) is 0. The first kappa shape index (κ1) is 2170. The molecule has 0 fully saturated rings. The van der Waals surface area contributed by atoms with Gasteiger partial charge in [-0.2, -0.15) is 0 Å². The van der Waals surface area contributed by atoms with E-state index in [1.165, 1.54) is 0 Å². The molecule has 0 spiro atoms. The summed E-state index contributed by atoms with van der Waals surface area (Å²) in [5.74, 6) is 0. The normalized spacial score (nSPS) is 1.04. The Bertz CT molecular complexity index is 111. The van der Waals surface area contributed by atoms with Crippen molar-refractivity contribution in [3.8, 4) is 0 Å². The van der Waals surface area contributed by atoms with E-state index < -0.39 is 7.82 Å². The first-order valence-corrected chi connectivity index (χ1v) is 2.35. The molecule has 0 aromatic rings. The monoisotopic (exact) mass is 1940 g/mol. The molecule has 0 saturated carbocycles. The molecule has 376 valence electrons. The first-order chi connectivity index (χ1) is 2.00. The Labute approximate surface area is 494 Å². The summed E-state index contributed by atoms with van der Waals surface area (Å²) in [5.41, 5.74) is 0. The molecule has 0 radical (unpaired) electrons.